The summed E-state index contributed by atoms with van der Waals surface area (Å²) in [6.07, 6.45) is 0.528. The van der Waals surface area contributed by atoms with E-state index in [1.165, 1.54) is 6.07 Å². The number of rotatable bonds is 5. The SMILES string of the molecule is COC1(CNc2ccc(N)cc2C(F)F)CCC1. The Morgan fingerprint density at radius 2 is 2.17 bits per heavy atom. The number of hydrogen-bond acceptors (Lipinski definition) is 3. The van der Waals surface area contributed by atoms with Crippen molar-refractivity contribution in [2.24, 2.45) is 0 Å². The average molecular weight is 256 g/mol. The molecule has 0 saturated heterocycles. The first-order chi connectivity index (χ1) is 8.56. The molecule has 0 heterocycles. The molecule has 100 valence electrons. The fourth-order valence-electron chi connectivity index (χ4n) is 2.20. The van der Waals surface area contributed by atoms with Crippen molar-refractivity contribution in [3.8, 4) is 0 Å². The van der Waals surface area contributed by atoms with Gasteiger partial charge in [0.05, 0.1) is 5.60 Å². The summed E-state index contributed by atoms with van der Waals surface area (Å²) >= 11 is 0. The normalized spacial score (nSPS) is 17.6. The molecular formula is C13H18F2N2O. The predicted molar refractivity (Wildman–Crippen MR) is 67.9 cm³/mol. The Labute approximate surface area is 105 Å². The van der Waals surface area contributed by atoms with E-state index in [-0.39, 0.29) is 11.2 Å². The third-order valence-corrected chi connectivity index (χ3v) is 3.61. The standard InChI is InChI=1S/C13H18F2N2O/c1-18-13(5-2-6-13)8-17-11-4-3-9(16)7-10(11)12(14)15/h3-4,7,12,17H,2,5-6,8,16H2,1H3. The zero-order chi connectivity index (χ0) is 13.2. The number of nitrogens with two attached hydrogens (primary N) is 1. The highest BCUT2D eigenvalue weighted by Crippen LogP contribution is 2.36. The van der Waals surface area contributed by atoms with Gasteiger partial charge in [-0.1, -0.05) is 0 Å². The largest absolute Gasteiger partial charge is 0.399 e. The van der Waals surface area contributed by atoms with Crippen molar-refractivity contribution in [2.75, 3.05) is 24.7 Å². The van der Waals surface area contributed by atoms with Crippen molar-refractivity contribution in [3.05, 3.63) is 23.8 Å². The lowest BCUT2D eigenvalue weighted by atomic mass is 9.80. The number of anilines is 2. The lowest BCUT2D eigenvalue weighted by Crippen LogP contribution is -2.45. The van der Waals surface area contributed by atoms with Gasteiger partial charge in [0, 0.05) is 30.6 Å². The maximum Gasteiger partial charge on any atom is 0.265 e. The van der Waals surface area contributed by atoms with Gasteiger partial charge in [0.25, 0.3) is 6.43 Å². The average Bonchev–Trinajstić information content (AvgIpc) is 2.29. The van der Waals surface area contributed by atoms with E-state index in [9.17, 15) is 8.78 Å². The van der Waals surface area contributed by atoms with Crippen molar-refractivity contribution < 1.29 is 13.5 Å². The summed E-state index contributed by atoms with van der Waals surface area (Å²) in [5.74, 6) is 0. The first-order valence-corrected chi connectivity index (χ1v) is 6.03. The molecule has 0 aliphatic heterocycles. The van der Waals surface area contributed by atoms with Gasteiger partial charge in [-0.2, -0.15) is 0 Å². The lowest BCUT2D eigenvalue weighted by molar-refractivity contribution is -0.0601. The number of nitrogen functional groups attached to an aromatic ring is 1. The van der Waals surface area contributed by atoms with Gasteiger partial charge in [-0.3, -0.25) is 0 Å². The van der Waals surface area contributed by atoms with Crippen LogP contribution in [0.5, 0.6) is 0 Å². The summed E-state index contributed by atoms with van der Waals surface area (Å²) in [6, 6.07) is 4.53. The highest BCUT2D eigenvalue weighted by atomic mass is 19.3. The molecule has 0 atom stereocenters. The molecule has 3 nitrogen and oxygen atoms in total. The second-order valence-corrected chi connectivity index (χ2v) is 4.74. The second kappa shape index (κ2) is 5.10. The zero-order valence-electron chi connectivity index (χ0n) is 10.4. The third kappa shape index (κ3) is 2.56. The number of alkyl halides is 2. The van der Waals surface area contributed by atoms with E-state index in [1.54, 1.807) is 19.2 Å². The highest BCUT2D eigenvalue weighted by Gasteiger charge is 2.36. The molecular weight excluding hydrogens is 238 g/mol. The predicted octanol–water partition coefficient (Wildman–Crippen LogP) is 3.19. The molecule has 0 aromatic heterocycles. The molecule has 1 aromatic carbocycles. The Morgan fingerprint density at radius 3 is 2.67 bits per heavy atom. The molecule has 2 rings (SSSR count). The van der Waals surface area contributed by atoms with E-state index in [0.717, 1.165) is 19.3 Å². The van der Waals surface area contributed by atoms with Crippen LogP contribution >= 0.6 is 0 Å². The Balaban J connectivity index is 2.09. The van der Waals surface area contributed by atoms with Gasteiger partial charge in [0.1, 0.15) is 0 Å². The Hall–Kier alpha value is -1.36. The van der Waals surface area contributed by atoms with Gasteiger partial charge >= 0.3 is 0 Å². The van der Waals surface area contributed by atoms with Crippen LogP contribution in [0.3, 0.4) is 0 Å². The highest BCUT2D eigenvalue weighted by molar-refractivity contribution is 5.58. The molecule has 3 N–H and O–H groups in total. The maximum atomic E-state index is 12.9. The zero-order valence-corrected chi connectivity index (χ0v) is 10.4. The minimum absolute atomic E-state index is 0.0550. The lowest BCUT2D eigenvalue weighted by Gasteiger charge is -2.40. The van der Waals surface area contributed by atoms with Crippen LogP contribution in [0.25, 0.3) is 0 Å². The molecule has 1 fully saturated rings. The number of hydrogen-bond donors (Lipinski definition) is 2. The first kappa shape index (κ1) is 13.1. The molecule has 1 aliphatic rings. The van der Waals surface area contributed by atoms with Crippen molar-refractivity contribution in [3.63, 3.8) is 0 Å². The topological polar surface area (TPSA) is 47.3 Å². The van der Waals surface area contributed by atoms with Crippen LogP contribution in [-0.2, 0) is 4.74 Å². The van der Waals surface area contributed by atoms with Crippen molar-refractivity contribution in [1.82, 2.24) is 0 Å². The number of ether oxygens (including phenoxy) is 1. The van der Waals surface area contributed by atoms with Crippen molar-refractivity contribution >= 4 is 11.4 Å². The Kier molecular flexibility index (Phi) is 3.71. The molecule has 0 unspecified atom stereocenters. The van der Waals surface area contributed by atoms with Gasteiger partial charge < -0.3 is 15.8 Å². The fourth-order valence-corrected chi connectivity index (χ4v) is 2.20. The van der Waals surface area contributed by atoms with Crippen LogP contribution in [0.15, 0.2) is 18.2 Å². The van der Waals surface area contributed by atoms with Crippen LogP contribution < -0.4 is 11.1 Å². The van der Waals surface area contributed by atoms with Gasteiger partial charge in [0.15, 0.2) is 0 Å². The number of methoxy groups -OCH3 is 1. The van der Waals surface area contributed by atoms with E-state index in [1.807, 2.05) is 0 Å². The summed E-state index contributed by atoms with van der Waals surface area (Å²) in [5, 5.41) is 3.05. The molecule has 0 radical (unpaired) electrons. The summed E-state index contributed by atoms with van der Waals surface area (Å²) in [4.78, 5) is 0. The van der Waals surface area contributed by atoms with Crippen LogP contribution in [0.1, 0.15) is 31.3 Å². The van der Waals surface area contributed by atoms with E-state index >= 15 is 0 Å². The number of benzene rings is 1. The monoisotopic (exact) mass is 256 g/mol. The minimum atomic E-state index is -2.53. The van der Waals surface area contributed by atoms with E-state index in [2.05, 4.69) is 5.32 Å². The van der Waals surface area contributed by atoms with Crippen molar-refractivity contribution in [2.45, 2.75) is 31.3 Å². The van der Waals surface area contributed by atoms with Gasteiger partial charge in [-0.15, -0.1) is 0 Å². The maximum absolute atomic E-state index is 12.9. The molecule has 1 aromatic rings. The molecule has 1 saturated carbocycles. The third-order valence-electron chi connectivity index (χ3n) is 3.61. The summed E-state index contributed by atoms with van der Waals surface area (Å²) in [6.45, 7) is 0.549. The van der Waals surface area contributed by atoms with Crippen LogP contribution in [-0.4, -0.2) is 19.3 Å². The molecule has 18 heavy (non-hydrogen) atoms. The van der Waals surface area contributed by atoms with Gasteiger partial charge in [-0.25, -0.2) is 8.78 Å². The van der Waals surface area contributed by atoms with E-state index in [0.29, 0.717) is 17.9 Å². The number of nitrogens with one attached hydrogen (secondary N) is 1. The Morgan fingerprint density at radius 1 is 1.44 bits per heavy atom. The molecule has 5 heteroatoms. The summed E-state index contributed by atoms with van der Waals surface area (Å²) in [5.41, 5.74) is 6.06. The van der Waals surface area contributed by atoms with Gasteiger partial charge in [-0.05, 0) is 37.5 Å². The quantitative estimate of drug-likeness (QED) is 0.795. The number of halogens is 2. The van der Waals surface area contributed by atoms with Crippen molar-refractivity contribution in [1.29, 1.82) is 0 Å². The molecule has 0 bridgehead atoms. The molecule has 0 spiro atoms. The van der Waals surface area contributed by atoms with Gasteiger partial charge in [0.2, 0.25) is 0 Å². The van der Waals surface area contributed by atoms with E-state index < -0.39 is 6.43 Å². The first-order valence-electron chi connectivity index (χ1n) is 6.03. The van der Waals surface area contributed by atoms with Crippen LogP contribution in [0.4, 0.5) is 20.2 Å². The summed E-state index contributed by atoms with van der Waals surface area (Å²) < 4.78 is 31.2. The molecule has 0 amide bonds. The minimum Gasteiger partial charge on any atom is -0.399 e. The molecule has 1 aliphatic carbocycles. The van der Waals surface area contributed by atoms with Crippen LogP contribution in [0.2, 0.25) is 0 Å². The fraction of sp³-hybridized carbons (Fsp3) is 0.538. The van der Waals surface area contributed by atoms with Crippen LogP contribution in [0, 0.1) is 0 Å². The second-order valence-electron chi connectivity index (χ2n) is 4.74. The van der Waals surface area contributed by atoms with E-state index in [4.69, 9.17) is 10.5 Å². The summed E-state index contributed by atoms with van der Waals surface area (Å²) in [7, 11) is 1.66. The smallest absolute Gasteiger partial charge is 0.265 e. The Bertz CT molecular complexity index is 414.